The standard InChI is InChI=1S/C29H36N8O3S2/c1-29(2,3)40-28(38)37-18-8-9-19(37)12-20(11-18)35(4)27-34-26-25(42-27)33-24(41-26)22-15-30-21(14-31-22)17-13-32-36(16-17)23-7-5-6-10-39-23/h13-16,18-20,23H,5-12H2,1-4H3/t18-,19+,20-,23?. The summed E-state index contributed by atoms with van der Waals surface area (Å²) in [4.78, 5) is 38.1. The number of rotatable bonds is 5. The Labute approximate surface area is 252 Å². The molecule has 42 heavy (non-hydrogen) atoms. The molecular weight excluding hydrogens is 573 g/mol. The third-order valence-electron chi connectivity index (χ3n) is 8.35. The number of thiazole rings is 2. The van der Waals surface area contributed by atoms with E-state index >= 15 is 0 Å². The van der Waals surface area contributed by atoms with Gasteiger partial charge in [0.15, 0.2) is 14.8 Å². The molecule has 3 fully saturated rings. The first-order valence-electron chi connectivity index (χ1n) is 14.7. The van der Waals surface area contributed by atoms with Crippen LogP contribution in [0.3, 0.4) is 0 Å². The van der Waals surface area contributed by atoms with Gasteiger partial charge in [-0.05, 0) is 65.7 Å². The third-order valence-corrected chi connectivity index (χ3v) is 10.5. The van der Waals surface area contributed by atoms with Crippen LogP contribution < -0.4 is 4.90 Å². The van der Waals surface area contributed by atoms with Crippen molar-refractivity contribution in [3.05, 3.63) is 24.8 Å². The summed E-state index contributed by atoms with van der Waals surface area (Å²) in [5, 5.41) is 6.27. The van der Waals surface area contributed by atoms with Gasteiger partial charge in [0, 0.05) is 43.5 Å². The van der Waals surface area contributed by atoms with Crippen LogP contribution in [-0.2, 0) is 9.47 Å². The van der Waals surface area contributed by atoms with Crippen LogP contribution in [0.25, 0.3) is 31.6 Å². The summed E-state index contributed by atoms with van der Waals surface area (Å²) in [5.74, 6) is 0. The van der Waals surface area contributed by atoms with Crippen molar-refractivity contribution in [1.82, 2.24) is 34.6 Å². The van der Waals surface area contributed by atoms with Gasteiger partial charge in [0.05, 0.1) is 24.3 Å². The van der Waals surface area contributed by atoms with Gasteiger partial charge in [-0.25, -0.2) is 24.4 Å². The number of piperidine rings is 1. The predicted molar refractivity (Wildman–Crippen MR) is 163 cm³/mol. The van der Waals surface area contributed by atoms with Crippen molar-refractivity contribution in [2.45, 2.75) is 95.7 Å². The van der Waals surface area contributed by atoms with E-state index in [-0.39, 0.29) is 24.4 Å². The minimum Gasteiger partial charge on any atom is -0.444 e. The molecule has 0 aliphatic carbocycles. The second-order valence-corrected chi connectivity index (χ2v) is 14.4. The van der Waals surface area contributed by atoms with Gasteiger partial charge < -0.3 is 19.3 Å². The van der Waals surface area contributed by atoms with Crippen molar-refractivity contribution >= 4 is 43.6 Å². The Morgan fingerprint density at radius 2 is 1.74 bits per heavy atom. The number of anilines is 1. The first-order valence-corrected chi connectivity index (χ1v) is 16.4. The average molecular weight is 609 g/mol. The predicted octanol–water partition coefficient (Wildman–Crippen LogP) is 6.14. The maximum absolute atomic E-state index is 12.9. The molecule has 3 saturated heterocycles. The Morgan fingerprint density at radius 3 is 2.40 bits per heavy atom. The number of carbonyl (C=O) groups excluding carboxylic acids is 1. The summed E-state index contributed by atoms with van der Waals surface area (Å²) in [5.41, 5.74) is 1.94. The second kappa shape index (κ2) is 10.8. The fourth-order valence-corrected chi connectivity index (χ4v) is 8.31. The lowest BCUT2D eigenvalue weighted by Crippen LogP contribution is -2.53. The number of fused-ring (bicyclic) bond motifs is 3. The lowest BCUT2D eigenvalue weighted by atomic mass is 9.97. The Hall–Kier alpha value is -3.16. The summed E-state index contributed by atoms with van der Waals surface area (Å²) in [7, 11) is 2.11. The largest absolute Gasteiger partial charge is 0.444 e. The van der Waals surface area contributed by atoms with Crippen LogP contribution in [0.5, 0.6) is 0 Å². The Bertz CT molecular complexity index is 1520. The second-order valence-electron chi connectivity index (χ2n) is 12.5. The van der Waals surface area contributed by atoms with Gasteiger partial charge in [-0.15, -0.1) is 0 Å². The van der Waals surface area contributed by atoms with Crippen LogP contribution in [0.1, 0.15) is 71.9 Å². The van der Waals surface area contributed by atoms with E-state index in [1.54, 1.807) is 23.7 Å². The van der Waals surface area contributed by atoms with Gasteiger partial charge in [0.25, 0.3) is 0 Å². The van der Waals surface area contributed by atoms with E-state index in [4.69, 9.17) is 19.4 Å². The van der Waals surface area contributed by atoms with Gasteiger partial charge in [-0.3, -0.25) is 4.98 Å². The molecule has 13 heteroatoms. The van der Waals surface area contributed by atoms with Gasteiger partial charge in [0.2, 0.25) is 0 Å². The van der Waals surface area contributed by atoms with Crippen molar-refractivity contribution in [1.29, 1.82) is 0 Å². The number of hydrogen-bond acceptors (Lipinski definition) is 11. The summed E-state index contributed by atoms with van der Waals surface area (Å²) >= 11 is 3.15. The summed E-state index contributed by atoms with van der Waals surface area (Å²) in [6.45, 7) is 6.55. The molecule has 11 nitrogen and oxygen atoms in total. The molecule has 0 N–H and O–H groups in total. The average Bonchev–Trinajstić information content (AvgIpc) is 3.74. The van der Waals surface area contributed by atoms with Crippen LogP contribution in [0.15, 0.2) is 24.8 Å². The van der Waals surface area contributed by atoms with Crippen molar-refractivity contribution in [2.75, 3.05) is 18.6 Å². The highest BCUT2D eigenvalue weighted by Gasteiger charge is 2.46. The first kappa shape index (κ1) is 27.7. The van der Waals surface area contributed by atoms with Crippen molar-refractivity contribution < 1.29 is 14.3 Å². The minimum atomic E-state index is -0.482. The Kier molecular flexibility index (Phi) is 7.14. The Balaban J connectivity index is 1.01. The maximum Gasteiger partial charge on any atom is 0.410 e. The molecule has 0 saturated carbocycles. The van der Waals surface area contributed by atoms with Crippen LogP contribution >= 0.6 is 22.7 Å². The summed E-state index contributed by atoms with van der Waals surface area (Å²) in [6, 6.07) is 0.759. The maximum atomic E-state index is 12.9. The molecule has 4 atom stereocenters. The molecular formula is C29H36N8O3S2. The number of carbonyl (C=O) groups is 1. The number of ether oxygens (including phenoxy) is 2. The highest BCUT2D eigenvalue weighted by molar-refractivity contribution is 7.29. The van der Waals surface area contributed by atoms with E-state index in [0.29, 0.717) is 6.04 Å². The third kappa shape index (κ3) is 5.37. The Morgan fingerprint density at radius 1 is 1.00 bits per heavy atom. The quantitative estimate of drug-likeness (QED) is 0.264. The molecule has 7 heterocycles. The van der Waals surface area contributed by atoms with Gasteiger partial charge in [-0.1, -0.05) is 22.7 Å². The zero-order chi connectivity index (χ0) is 29.0. The summed E-state index contributed by atoms with van der Waals surface area (Å²) < 4.78 is 13.4. The van der Waals surface area contributed by atoms with Gasteiger partial charge in [-0.2, -0.15) is 5.10 Å². The van der Waals surface area contributed by atoms with Crippen LogP contribution in [0.4, 0.5) is 9.93 Å². The molecule has 2 bridgehead atoms. The molecule has 7 rings (SSSR count). The first-order chi connectivity index (χ1) is 20.2. The molecule has 1 amide bonds. The van der Waals surface area contributed by atoms with Crippen molar-refractivity contribution in [3.63, 3.8) is 0 Å². The minimum absolute atomic E-state index is 0.000368. The highest BCUT2D eigenvalue weighted by Crippen LogP contribution is 2.41. The van der Waals surface area contributed by atoms with E-state index in [1.165, 1.54) is 11.3 Å². The zero-order valence-electron chi connectivity index (χ0n) is 24.4. The van der Waals surface area contributed by atoms with Crippen LogP contribution in [0, 0.1) is 0 Å². The van der Waals surface area contributed by atoms with Gasteiger partial charge in [0.1, 0.15) is 22.5 Å². The molecule has 3 aliphatic heterocycles. The topological polar surface area (TPSA) is 111 Å². The SMILES string of the molecule is CN(c1nc2sc(-c3cnc(-c4cnn(C5CCCCO5)c4)cn3)nc2s1)[C@@H]1C[C@H]2CC[C@@H](C1)N2C(=O)OC(C)(C)C. The number of amides is 1. The molecule has 1 unspecified atom stereocenters. The van der Waals surface area contributed by atoms with E-state index in [9.17, 15) is 4.79 Å². The lowest BCUT2D eigenvalue weighted by Gasteiger charge is -2.42. The molecule has 0 radical (unpaired) electrons. The number of hydrogen-bond donors (Lipinski definition) is 0. The summed E-state index contributed by atoms with van der Waals surface area (Å²) in [6.07, 6.45) is 14.3. The fraction of sp³-hybridized carbons (Fsp3) is 0.586. The number of nitrogens with zero attached hydrogens (tertiary/aromatic N) is 8. The van der Waals surface area contributed by atoms with E-state index in [0.717, 1.165) is 88.3 Å². The smallest absolute Gasteiger partial charge is 0.410 e. The van der Waals surface area contributed by atoms with Crippen molar-refractivity contribution in [3.8, 4) is 22.0 Å². The zero-order valence-corrected chi connectivity index (χ0v) is 26.0. The molecule has 0 aromatic carbocycles. The molecule has 4 aromatic rings. The highest BCUT2D eigenvalue weighted by atomic mass is 32.1. The monoisotopic (exact) mass is 608 g/mol. The van der Waals surface area contributed by atoms with E-state index in [1.807, 2.05) is 42.7 Å². The van der Waals surface area contributed by atoms with E-state index in [2.05, 4.69) is 27.0 Å². The van der Waals surface area contributed by atoms with E-state index < -0.39 is 5.60 Å². The van der Waals surface area contributed by atoms with Gasteiger partial charge >= 0.3 is 6.09 Å². The molecule has 222 valence electrons. The molecule has 3 aliphatic rings. The fourth-order valence-electron chi connectivity index (χ4n) is 6.27. The van der Waals surface area contributed by atoms with Crippen LogP contribution in [-0.4, -0.2) is 78.1 Å². The molecule has 4 aromatic heterocycles. The van der Waals surface area contributed by atoms with Crippen LogP contribution in [0.2, 0.25) is 0 Å². The normalized spacial score (nSPS) is 24.3. The lowest BCUT2D eigenvalue weighted by molar-refractivity contribution is -0.0394. The number of aromatic nitrogens is 6. The molecule has 0 spiro atoms. The van der Waals surface area contributed by atoms with Crippen molar-refractivity contribution in [2.24, 2.45) is 0 Å².